The summed E-state index contributed by atoms with van der Waals surface area (Å²) in [5.41, 5.74) is 4.14. The third-order valence-corrected chi connectivity index (χ3v) is 10.2. The van der Waals surface area contributed by atoms with Crippen LogP contribution in [0.15, 0.2) is 188 Å². The maximum Gasteiger partial charge on any atom is 0.162 e. The zero-order valence-corrected chi connectivity index (χ0v) is 29.4. The van der Waals surface area contributed by atoms with Crippen LogP contribution in [0.3, 0.4) is 0 Å². The first-order valence-electron chi connectivity index (χ1n) is 24.9. The molecule has 0 aliphatic carbocycles. The topological polar surface area (TPSA) is 66.3 Å². The van der Waals surface area contributed by atoms with Crippen molar-refractivity contribution in [1.82, 2.24) is 33.6 Å². The van der Waals surface area contributed by atoms with Crippen LogP contribution in [0.25, 0.3) is 106 Å². The Kier molecular flexibility index (Phi) is 4.47. The van der Waals surface area contributed by atoms with Gasteiger partial charge in [-0.1, -0.05) is 115 Å². The highest BCUT2D eigenvalue weighted by atomic mass is 15.1. The number of nitrogens with zero attached hydrogens (tertiary/aromatic N) is 7. The van der Waals surface area contributed by atoms with Gasteiger partial charge in [0.25, 0.3) is 0 Å². The van der Waals surface area contributed by atoms with Gasteiger partial charge in [-0.25, -0.2) is 9.97 Å². The molecule has 0 atom stereocenters. The Hall–Kier alpha value is -7.90. The summed E-state index contributed by atoms with van der Waals surface area (Å²) in [6.45, 7) is 0. The fourth-order valence-electron chi connectivity index (χ4n) is 7.94. The molecule has 0 unspecified atom stereocenters. The summed E-state index contributed by atoms with van der Waals surface area (Å²) >= 11 is 0. The van der Waals surface area contributed by atoms with E-state index in [1.54, 1.807) is 30.6 Å². The number of aromatic nitrogens is 7. The summed E-state index contributed by atoms with van der Waals surface area (Å²) in [7, 11) is 0. The average molecular weight is 744 g/mol. The number of rotatable bonds is 5. The van der Waals surface area contributed by atoms with Crippen LogP contribution < -0.4 is 0 Å². The van der Waals surface area contributed by atoms with Gasteiger partial charge in [0.1, 0.15) is 5.82 Å². The lowest BCUT2D eigenvalue weighted by molar-refractivity contribution is 1.04. The third kappa shape index (κ3) is 4.66. The van der Waals surface area contributed by atoms with Gasteiger partial charge in [-0.05, 0) is 54.5 Å². The molecule has 0 saturated heterocycles. The number of para-hydroxylation sites is 5. The average Bonchev–Trinajstić information content (AvgIpc) is 4.04. The molecule has 0 N–H and O–H groups in total. The molecule has 12 aromatic rings. The highest BCUT2D eigenvalue weighted by molar-refractivity contribution is 6.11. The van der Waals surface area contributed by atoms with E-state index in [0.717, 1.165) is 26.4 Å². The summed E-state index contributed by atoms with van der Waals surface area (Å²) in [4.78, 5) is 19.3. The number of hydrogen-bond acceptors (Lipinski definition) is 4. The van der Waals surface area contributed by atoms with E-state index >= 15 is 0 Å². The van der Waals surface area contributed by atoms with E-state index in [4.69, 9.17) is 35.0 Å². The molecular formula is C50H31N7. The van der Waals surface area contributed by atoms with Gasteiger partial charge < -0.3 is 9.13 Å². The van der Waals surface area contributed by atoms with Crippen molar-refractivity contribution < 1.29 is 19.2 Å². The second-order valence-electron chi connectivity index (χ2n) is 13.2. The fourth-order valence-corrected chi connectivity index (χ4v) is 7.94. The first kappa shape index (κ1) is 20.7. The van der Waals surface area contributed by atoms with Crippen molar-refractivity contribution in [3.8, 4) is 39.8 Å². The lowest BCUT2D eigenvalue weighted by Gasteiger charge is -2.21. The van der Waals surface area contributed by atoms with Crippen LogP contribution in [-0.2, 0) is 0 Å². The number of pyridine rings is 2. The molecular weight excluding hydrogens is 699 g/mol. The Balaban J connectivity index is 1.33. The molecule has 6 aromatic carbocycles. The molecule has 266 valence electrons. The van der Waals surface area contributed by atoms with Gasteiger partial charge in [0.2, 0.25) is 0 Å². The van der Waals surface area contributed by atoms with Gasteiger partial charge in [-0.15, -0.1) is 0 Å². The molecule has 7 nitrogen and oxygen atoms in total. The SMILES string of the molecule is [2H]c1c(-c2cccc(-n3c4ccccc4c4ncccc43)c2-n2c3ccccc3c3ncccc32)nc(-c2c([2H])c([2H])c([2H])c([2H])c2[2H])nc1-n1c2c([2H])c([2H])c([2H])c([2H])c2c2c([2H])c([2H])c([2H])c([2H])c21. The summed E-state index contributed by atoms with van der Waals surface area (Å²) in [6, 6.07) is 19.0. The molecule has 57 heavy (non-hydrogen) atoms. The van der Waals surface area contributed by atoms with Crippen molar-refractivity contribution >= 4 is 65.7 Å². The van der Waals surface area contributed by atoms with E-state index < -0.39 is 102 Å². The van der Waals surface area contributed by atoms with E-state index in [-0.39, 0.29) is 33.1 Å². The molecule has 6 heterocycles. The zero-order valence-electron chi connectivity index (χ0n) is 43.4. The largest absolute Gasteiger partial charge is 0.305 e. The number of benzene rings is 6. The Morgan fingerprint density at radius 2 is 1.02 bits per heavy atom. The molecule has 0 aliphatic heterocycles. The molecule has 0 saturated carbocycles. The van der Waals surface area contributed by atoms with Gasteiger partial charge >= 0.3 is 0 Å². The molecule has 0 fully saturated rings. The molecule has 6 aromatic heterocycles. The maximum atomic E-state index is 10.3. The van der Waals surface area contributed by atoms with Crippen LogP contribution in [0.2, 0.25) is 0 Å². The minimum Gasteiger partial charge on any atom is -0.305 e. The lowest BCUT2D eigenvalue weighted by Crippen LogP contribution is -2.07. The minimum absolute atomic E-state index is 0.181. The van der Waals surface area contributed by atoms with Crippen molar-refractivity contribution in [2.45, 2.75) is 0 Å². The highest BCUT2D eigenvalue weighted by Crippen LogP contribution is 2.42. The highest BCUT2D eigenvalue weighted by Gasteiger charge is 2.25. The quantitative estimate of drug-likeness (QED) is 0.176. The third-order valence-electron chi connectivity index (χ3n) is 10.2. The molecule has 0 radical (unpaired) electrons. The van der Waals surface area contributed by atoms with Crippen molar-refractivity contribution in [1.29, 1.82) is 0 Å². The standard InChI is InChI=1S/C50H31N7/c1-2-15-32(16-3-1)50-53-38(31-46(54-50)56-39-22-8-4-17-33(39)34-18-5-9-23-40(34)56)35-21-12-26-45(55-41-24-10-6-19-36(41)47-43(55)27-13-29-51-47)49(35)57-42-25-11-7-20-37(42)48-44(57)28-14-30-52-48/h1-31H/i1D,2D,3D,4D,5D,8D,9D,15D,16D,17D,18D,22D,23D,31D. The monoisotopic (exact) mass is 743 g/mol. The molecule has 0 bridgehead atoms. The Labute approximate surface area is 346 Å². The molecule has 12 rings (SSSR count). The van der Waals surface area contributed by atoms with E-state index in [1.165, 1.54) is 0 Å². The summed E-state index contributed by atoms with van der Waals surface area (Å²) < 4.78 is 131. The fraction of sp³-hybridized carbons (Fsp3) is 0. The molecule has 0 aliphatic rings. The summed E-state index contributed by atoms with van der Waals surface area (Å²) in [5, 5.41) is 1.08. The zero-order chi connectivity index (χ0) is 49.6. The molecule has 0 amide bonds. The van der Waals surface area contributed by atoms with Gasteiger partial charge in [0, 0.05) is 51.1 Å². The number of fused-ring (bicyclic) bond motifs is 9. The number of hydrogen-bond donors (Lipinski definition) is 0. The second kappa shape index (κ2) is 12.3. The lowest BCUT2D eigenvalue weighted by atomic mass is 10.1. The van der Waals surface area contributed by atoms with Gasteiger partial charge in [0.15, 0.2) is 5.82 Å². The van der Waals surface area contributed by atoms with Crippen LogP contribution in [0.4, 0.5) is 0 Å². The Bertz CT molecular complexity index is 4160. The van der Waals surface area contributed by atoms with Crippen LogP contribution in [0.5, 0.6) is 0 Å². The summed E-state index contributed by atoms with van der Waals surface area (Å²) in [6.07, 6.45) is 3.39. The van der Waals surface area contributed by atoms with Gasteiger partial charge in [-0.3, -0.25) is 14.5 Å². The van der Waals surface area contributed by atoms with Crippen LogP contribution in [0, 0.1) is 0 Å². The van der Waals surface area contributed by atoms with E-state index in [0.29, 0.717) is 33.4 Å². The normalized spacial score (nSPS) is 15.3. The van der Waals surface area contributed by atoms with Crippen molar-refractivity contribution in [2.75, 3.05) is 0 Å². The van der Waals surface area contributed by atoms with Crippen molar-refractivity contribution in [2.24, 2.45) is 0 Å². The van der Waals surface area contributed by atoms with Crippen LogP contribution >= 0.6 is 0 Å². The second-order valence-corrected chi connectivity index (χ2v) is 13.2. The Morgan fingerprint density at radius 1 is 0.439 bits per heavy atom. The predicted molar refractivity (Wildman–Crippen MR) is 232 cm³/mol. The minimum atomic E-state index is -0.705. The first-order chi connectivity index (χ1) is 34.1. The van der Waals surface area contributed by atoms with Crippen LogP contribution in [0.1, 0.15) is 19.2 Å². The van der Waals surface area contributed by atoms with Gasteiger partial charge in [-0.2, -0.15) is 0 Å². The van der Waals surface area contributed by atoms with E-state index in [9.17, 15) is 4.11 Å². The maximum absolute atomic E-state index is 10.3. The smallest absolute Gasteiger partial charge is 0.162 e. The predicted octanol–water partition coefficient (Wildman–Crippen LogP) is 11.9. The van der Waals surface area contributed by atoms with Crippen molar-refractivity contribution in [3.63, 3.8) is 0 Å². The first-order valence-corrected chi connectivity index (χ1v) is 17.9. The van der Waals surface area contributed by atoms with Crippen LogP contribution in [-0.4, -0.2) is 33.6 Å². The van der Waals surface area contributed by atoms with E-state index in [1.807, 2.05) is 81.9 Å². The van der Waals surface area contributed by atoms with Crippen molar-refractivity contribution in [3.05, 3.63) is 188 Å². The summed E-state index contributed by atoms with van der Waals surface area (Å²) in [5.74, 6) is -0.964. The van der Waals surface area contributed by atoms with E-state index in [2.05, 4.69) is 0 Å². The molecule has 0 spiro atoms. The Morgan fingerprint density at radius 3 is 1.70 bits per heavy atom. The molecule has 7 heteroatoms. The van der Waals surface area contributed by atoms with Gasteiger partial charge in [0.05, 0.1) is 80.4 Å².